The number of hydrogen-bond acceptors (Lipinski definition) is 3. The van der Waals surface area contributed by atoms with Crippen molar-refractivity contribution < 1.29 is 9.90 Å². The second kappa shape index (κ2) is 6.98. The van der Waals surface area contributed by atoms with Gasteiger partial charge in [0.2, 0.25) is 0 Å². The van der Waals surface area contributed by atoms with Gasteiger partial charge in [-0.2, -0.15) is 0 Å². The van der Waals surface area contributed by atoms with Crippen molar-refractivity contribution >= 4 is 5.97 Å². The van der Waals surface area contributed by atoms with Crippen LogP contribution >= 0.6 is 0 Å². The van der Waals surface area contributed by atoms with Crippen LogP contribution in [0.2, 0.25) is 0 Å². The Hall–Kier alpha value is -1.39. The Morgan fingerprint density at radius 1 is 1.20 bits per heavy atom. The van der Waals surface area contributed by atoms with E-state index < -0.39 is 5.97 Å². The monoisotopic (exact) mass is 208 g/mol. The van der Waals surface area contributed by atoms with Crippen LogP contribution in [-0.4, -0.2) is 24.2 Å². The maximum absolute atomic E-state index is 10.2. The fraction of sp³-hybridized carbons (Fsp3) is 0.364. The Morgan fingerprint density at radius 2 is 1.93 bits per heavy atom. The minimum Gasteiger partial charge on any atom is -0.480 e. The molecule has 1 rings (SSSR count). The molecule has 0 saturated carbocycles. The molecule has 0 amide bonds. The topological polar surface area (TPSA) is 61.4 Å². The second-order valence-electron chi connectivity index (χ2n) is 3.26. The van der Waals surface area contributed by atoms with Gasteiger partial charge in [0.25, 0.3) is 0 Å². The molecule has 0 heterocycles. The SMILES string of the molecule is O=C(O)CNNCCCc1ccccc1. The van der Waals surface area contributed by atoms with E-state index in [1.165, 1.54) is 5.56 Å². The van der Waals surface area contributed by atoms with Crippen LogP contribution in [0.5, 0.6) is 0 Å². The van der Waals surface area contributed by atoms with Crippen molar-refractivity contribution in [1.29, 1.82) is 0 Å². The lowest BCUT2D eigenvalue weighted by Gasteiger charge is -2.04. The number of aryl methyl sites for hydroxylation is 1. The predicted octanol–water partition coefficient (Wildman–Crippen LogP) is 0.798. The van der Waals surface area contributed by atoms with E-state index in [-0.39, 0.29) is 6.54 Å². The first-order valence-electron chi connectivity index (χ1n) is 5.00. The van der Waals surface area contributed by atoms with Crippen molar-refractivity contribution in [2.45, 2.75) is 12.8 Å². The van der Waals surface area contributed by atoms with Gasteiger partial charge in [0.15, 0.2) is 0 Å². The van der Waals surface area contributed by atoms with Crippen molar-refractivity contribution in [3.63, 3.8) is 0 Å². The maximum Gasteiger partial charge on any atom is 0.318 e. The molecule has 0 unspecified atom stereocenters. The van der Waals surface area contributed by atoms with Crippen molar-refractivity contribution in [2.75, 3.05) is 13.1 Å². The molecule has 82 valence electrons. The molecule has 3 N–H and O–H groups in total. The zero-order chi connectivity index (χ0) is 10.9. The summed E-state index contributed by atoms with van der Waals surface area (Å²) in [6, 6.07) is 10.2. The van der Waals surface area contributed by atoms with E-state index in [9.17, 15) is 4.79 Å². The average molecular weight is 208 g/mol. The molecular formula is C11H16N2O2. The van der Waals surface area contributed by atoms with Crippen LogP contribution in [0.15, 0.2) is 30.3 Å². The van der Waals surface area contributed by atoms with Crippen molar-refractivity contribution in [3.8, 4) is 0 Å². The highest BCUT2D eigenvalue weighted by atomic mass is 16.4. The number of hydrogen-bond donors (Lipinski definition) is 3. The minimum atomic E-state index is -0.856. The summed E-state index contributed by atoms with van der Waals surface area (Å²) in [6.45, 7) is 0.716. The molecule has 0 aliphatic heterocycles. The summed E-state index contributed by atoms with van der Waals surface area (Å²) in [5.41, 5.74) is 6.78. The average Bonchev–Trinajstić information content (AvgIpc) is 2.24. The second-order valence-corrected chi connectivity index (χ2v) is 3.26. The van der Waals surface area contributed by atoms with Crippen LogP contribution < -0.4 is 10.9 Å². The van der Waals surface area contributed by atoms with E-state index in [4.69, 9.17) is 5.11 Å². The Morgan fingerprint density at radius 3 is 2.60 bits per heavy atom. The first kappa shape index (κ1) is 11.7. The number of aliphatic carboxylic acids is 1. The Labute approximate surface area is 89.3 Å². The van der Waals surface area contributed by atoms with Gasteiger partial charge in [0.1, 0.15) is 6.54 Å². The van der Waals surface area contributed by atoms with Crippen LogP contribution in [0, 0.1) is 0 Å². The molecule has 0 bridgehead atoms. The summed E-state index contributed by atoms with van der Waals surface area (Å²) >= 11 is 0. The number of carbonyl (C=O) groups is 1. The molecule has 0 saturated heterocycles. The van der Waals surface area contributed by atoms with E-state index in [0.717, 1.165) is 19.4 Å². The fourth-order valence-corrected chi connectivity index (χ4v) is 1.25. The molecule has 1 aromatic rings. The van der Waals surface area contributed by atoms with Gasteiger partial charge in [-0.3, -0.25) is 10.2 Å². The molecule has 15 heavy (non-hydrogen) atoms. The Bertz CT molecular complexity index is 288. The lowest BCUT2D eigenvalue weighted by atomic mass is 10.1. The third kappa shape index (κ3) is 5.83. The molecule has 0 aliphatic rings. The van der Waals surface area contributed by atoms with Crippen molar-refractivity contribution in [1.82, 2.24) is 10.9 Å². The molecular weight excluding hydrogens is 192 g/mol. The molecule has 0 fully saturated rings. The normalized spacial score (nSPS) is 10.1. The number of nitrogens with one attached hydrogen (secondary N) is 2. The first-order chi connectivity index (χ1) is 7.29. The summed E-state index contributed by atoms with van der Waals surface area (Å²) in [4.78, 5) is 10.2. The lowest BCUT2D eigenvalue weighted by Crippen LogP contribution is -2.36. The van der Waals surface area contributed by atoms with Gasteiger partial charge in [-0.1, -0.05) is 30.3 Å². The third-order valence-electron chi connectivity index (χ3n) is 1.97. The van der Waals surface area contributed by atoms with Gasteiger partial charge in [0, 0.05) is 6.54 Å². The predicted molar refractivity (Wildman–Crippen MR) is 58.4 cm³/mol. The van der Waals surface area contributed by atoms with Gasteiger partial charge in [0.05, 0.1) is 0 Å². The minimum absolute atomic E-state index is 0.0503. The van der Waals surface area contributed by atoms with E-state index in [1.54, 1.807) is 0 Å². The van der Waals surface area contributed by atoms with Gasteiger partial charge in [-0.25, -0.2) is 5.43 Å². The standard InChI is InChI=1S/C11H16N2O2/c14-11(15)9-13-12-8-4-7-10-5-2-1-3-6-10/h1-3,5-6,12-13H,4,7-9H2,(H,14,15). The van der Waals surface area contributed by atoms with Crippen LogP contribution in [-0.2, 0) is 11.2 Å². The molecule has 4 heteroatoms. The largest absolute Gasteiger partial charge is 0.480 e. The molecule has 0 aliphatic carbocycles. The summed E-state index contributed by atoms with van der Waals surface area (Å²) < 4.78 is 0. The quantitative estimate of drug-likeness (QED) is 0.458. The molecule has 1 aromatic carbocycles. The molecule has 4 nitrogen and oxygen atoms in total. The third-order valence-corrected chi connectivity index (χ3v) is 1.97. The lowest BCUT2D eigenvalue weighted by molar-refractivity contribution is -0.136. The van der Waals surface area contributed by atoms with Gasteiger partial charge >= 0.3 is 5.97 Å². The Kier molecular flexibility index (Phi) is 5.43. The van der Waals surface area contributed by atoms with Crippen LogP contribution in [0.4, 0.5) is 0 Å². The molecule has 0 radical (unpaired) electrons. The highest BCUT2D eigenvalue weighted by molar-refractivity contribution is 5.68. The molecule has 0 aromatic heterocycles. The molecule has 0 atom stereocenters. The van der Waals surface area contributed by atoms with Crippen LogP contribution in [0.1, 0.15) is 12.0 Å². The summed E-state index contributed by atoms with van der Waals surface area (Å²) in [5, 5.41) is 8.35. The van der Waals surface area contributed by atoms with E-state index in [1.807, 2.05) is 18.2 Å². The fourth-order valence-electron chi connectivity index (χ4n) is 1.25. The van der Waals surface area contributed by atoms with Crippen LogP contribution in [0.3, 0.4) is 0 Å². The maximum atomic E-state index is 10.2. The zero-order valence-electron chi connectivity index (χ0n) is 8.57. The number of rotatable bonds is 7. The van der Waals surface area contributed by atoms with Gasteiger partial charge in [-0.15, -0.1) is 0 Å². The number of benzene rings is 1. The summed E-state index contributed by atoms with van der Waals surface area (Å²) in [7, 11) is 0. The number of hydrazine groups is 1. The highest BCUT2D eigenvalue weighted by Gasteiger charge is 1.94. The smallest absolute Gasteiger partial charge is 0.318 e. The summed E-state index contributed by atoms with van der Waals surface area (Å²) in [5.74, 6) is -0.856. The zero-order valence-corrected chi connectivity index (χ0v) is 8.57. The van der Waals surface area contributed by atoms with Gasteiger partial charge in [-0.05, 0) is 18.4 Å². The van der Waals surface area contributed by atoms with Crippen molar-refractivity contribution in [3.05, 3.63) is 35.9 Å². The van der Waals surface area contributed by atoms with E-state index in [0.29, 0.717) is 0 Å². The van der Waals surface area contributed by atoms with E-state index >= 15 is 0 Å². The molecule has 0 spiro atoms. The van der Waals surface area contributed by atoms with Crippen LogP contribution in [0.25, 0.3) is 0 Å². The number of carboxylic acids is 1. The van der Waals surface area contributed by atoms with Crippen molar-refractivity contribution in [2.24, 2.45) is 0 Å². The first-order valence-corrected chi connectivity index (χ1v) is 5.00. The number of carboxylic acid groups (broad SMARTS) is 1. The van der Waals surface area contributed by atoms with E-state index in [2.05, 4.69) is 23.0 Å². The Balaban J connectivity index is 2.00. The highest BCUT2D eigenvalue weighted by Crippen LogP contribution is 2.00. The summed E-state index contributed by atoms with van der Waals surface area (Å²) in [6.07, 6.45) is 1.99. The van der Waals surface area contributed by atoms with Gasteiger partial charge < -0.3 is 5.11 Å².